The summed E-state index contributed by atoms with van der Waals surface area (Å²) < 4.78 is 45.9. The summed E-state index contributed by atoms with van der Waals surface area (Å²) >= 11 is 6.41. The third kappa shape index (κ3) is 5.99. The Balaban J connectivity index is 1.51. The van der Waals surface area contributed by atoms with Crippen molar-refractivity contribution in [2.75, 3.05) is 20.2 Å². The van der Waals surface area contributed by atoms with E-state index in [0.29, 0.717) is 56.6 Å². The number of fused-ring (bicyclic) bond motifs is 1. The van der Waals surface area contributed by atoms with E-state index in [4.69, 9.17) is 16.3 Å². The Labute approximate surface area is 246 Å². The number of rotatable bonds is 7. The molecule has 12 heteroatoms. The van der Waals surface area contributed by atoms with Gasteiger partial charge in [-0.05, 0) is 62.7 Å². The molecule has 2 aliphatic carbocycles. The van der Waals surface area contributed by atoms with Gasteiger partial charge < -0.3 is 14.7 Å². The highest BCUT2D eigenvalue weighted by molar-refractivity contribution is 6.34. The first-order chi connectivity index (χ1) is 19.8. The van der Waals surface area contributed by atoms with E-state index in [0.717, 1.165) is 11.1 Å². The molecule has 1 aliphatic heterocycles. The number of hydrogen-bond acceptors (Lipinski definition) is 5. The van der Waals surface area contributed by atoms with E-state index in [1.54, 1.807) is 12.0 Å². The maximum atomic E-state index is 14.0. The van der Waals surface area contributed by atoms with Crippen LogP contribution >= 0.6 is 11.6 Å². The van der Waals surface area contributed by atoms with Gasteiger partial charge in [-0.1, -0.05) is 29.8 Å². The molecule has 0 spiro atoms. The van der Waals surface area contributed by atoms with Gasteiger partial charge >= 0.3 is 12.1 Å². The number of halogens is 4. The predicted octanol–water partition coefficient (Wildman–Crippen LogP) is 5.34. The Morgan fingerprint density at radius 1 is 1.17 bits per heavy atom. The van der Waals surface area contributed by atoms with Crippen molar-refractivity contribution in [1.82, 2.24) is 14.7 Å². The molecular weight excluding hydrogens is 575 g/mol. The van der Waals surface area contributed by atoms with Gasteiger partial charge in [0.25, 0.3) is 5.91 Å². The second-order valence-corrected chi connectivity index (χ2v) is 12.1. The number of aliphatic carboxylic acids is 1. The number of aryl methyl sites for hydroxylation is 1. The lowest BCUT2D eigenvalue weighted by Crippen LogP contribution is -2.64. The molecule has 1 saturated heterocycles. The third-order valence-electron chi connectivity index (χ3n) is 8.73. The minimum Gasteiger partial charge on any atom is -0.481 e. The lowest BCUT2D eigenvalue weighted by atomic mass is 9.81. The Kier molecular flexibility index (Phi) is 8.28. The first-order valence-corrected chi connectivity index (χ1v) is 14.4. The highest BCUT2D eigenvalue weighted by atomic mass is 35.5. The molecule has 8 nitrogen and oxygen atoms in total. The SMILES string of the molecule is COC1(C)CN(C(=O)C2CCc3c(C4=CCC(C(=O)O)CC4)nn(C(=O)c4c(Cl)cccc4CCC(F)(F)F)c3C2)C1. The van der Waals surface area contributed by atoms with Gasteiger partial charge in [-0.15, -0.1) is 0 Å². The van der Waals surface area contributed by atoms with Gasteiger partial charge in [0.2, 0.25) is 5.91 Å². The van der Waals surface area contributed by atoms with Crippen molar-refractivity contribution in [3.8, 4) is 0 Å². The average Bonchev–Trinajstić information content (AvgIpc) is 3.32. The van der Waals surface area contributed by atoms with Crippen molar-refractivity contribution >= 4 is 35.0 Å². The number of hydrogen-bond donors (Lipinski definition) is 1. The van der Waals surface area contributed by atoms with E-state index >= 15 is 0 Å². The molecule has 0 bridgehead atoms. The fourth-order valence-corrected chi connectivity index (χ4v) is 6.50. The Morgan fingerprint density at radius 3 is 2.50 bits per heavy atom. The van der Waals surface area contributed by atoms with Crippen LogP contribution in [0.5, 0.6) is 0 Å². The van der Waals surface area contributed by atoms with Gasteiger partial charge in [-0.2, -0.15) is 23.0 Å². The summed E-state index contributed by atoms with van der Waals surface area (Å²) in [6.07, 6.45) is -1.61. The van der Waals surface area contributed by atoms with E-state index in [1.807, 2.05) is 13.0 Å². The van der Waals surface area contributed by atoms with Crippen LogP contribution in [0, 0.1) is 11.8 Å². The third-order valence-corrected chi connectivity index (χ3v) is 9.04. The summed E-state index contributed by atoms with van der Waals surface area (Å²) in [7, 11) is 1.61. The minimum absolute atomic E-state index is 0.0227. The smallest absolute Gasteiger partial charge is 0.389 e. The van der Waals surface area contributed by atoms with Gasteiger partial charge in [0.1, 0.15) is 0 Å². The lowest BCUT2D eigenvalue weighted by molar-refractivity contribution is -0.162. The van der Waals surface area contributed by atoms with Gasteiger partial charge in [0, 0.05) is 31.4 Å². The topological polar surface area (TPSA) is 102 Å². The van der Waals surface area contributed by atoms with Gasteiger partial charge in [-0.3, -0.25) is 14.4 Å². The number of nitrogens with zero attached hydrogens (tertiary/aromatic N) is 3. The second kappa shape index (κ2) is 11.5. The number of benzene rings is 1. The first kappa shape index (κ1) is 30.3. The van der Waals surface area contributed by atoms with Crippen LogP contribution in [0.3, 0.4) is 0 Å². The van der Waals surface area contributed by atoms with Gasteiger partial charge in [0.15, 0.2) is 0 Å². The number of carbonyl (C=O) groups is 3. The summed E-state index contributed by atoms with van der Waals surface area (Å²) in [6.45, 7) is 2.87. The van der Waals surface area contributed by atoms with Crippen molar-refractivity contribution in [3.63, 3.8) is 0 Å². The molecule has 1 amide bonds. The Bertz CT molecular complexity index is 1440. The van der Waals surface area contributed by atoms with Crippen molar-refractivity contribution < 1.29 is 37.4 Å². The maximum absolute atomic E-state index is 14.0. The largest absolute Gasteiger partial charge is 0.481 e. The zero-order chi connectivity index (χ0) is 30.4. The zero-order valence-electron chi connectivity index (χ0n) is 23.5. The molecule has 0 radical (unpaired) electrons. The number of carboxylic acid groups (broad SMARTS) is 1. The van der Waals surface area contributed by atoms with Crippen molar-refractivity contribution in [1.29, 1.82) is 0 Å². The first-order valence-electron chi connectivity index (χ1n) is 14.1. The Morgan fingerprint density at radius 2 is 1.88 bits per heavy atom. The molecule has 226 valence electrons. The number of amides is 1. The number of carbonyl (C=O) groups excluding carboxylic acids is 2. The predicted molar refractivity (Wildman–Crippen MR) is 148 cm³/mol. The van der Waals surface area contributed by atoms with E-state index in [-0.39, 0.29) is 28.5 Å². The summed E-state index contributed by atoms with van der Waals surface area (Å²) in [5.41, 5.74) is 2.48. The summed E-state index contributed by atoms with van der Waals surface area (Å²) in [6, 6.07) is 4.43. The monoisotopic (exact) mass is 607 g/mol. The van der Waals surface area contributed by atoms with Crippen LogP contribution in [0.25, 0.3) is 5.57 Å². The van der Waals surface area contributed by atoms with Crippen LogP contribution in [-0.2, 0) is 33.6 Å². The molecule has 2 unspecified atom stereocenters. The van der Waals surface area contributed by atoms with E-state index < -0.39 is 48.3 Å². The number of ether oxygens (including phenoxy) is 1. The highest BCUT2D eigenvalue weighted by Gasteiger charge is 2.44. The Hall–Kier alpha value is -3.18. The lowest BCUT2D eigenvalue weighted by Gasteiger charge is -2.48. The molecule has 0 saturated carbocycles. The van der Waals surface area contributed by atoms with Crippen LogP contribution in [0.1, 0.15) is 71.9 Å². The molecule has 1 N–H and O–H groups in total. The summed E-state index contributed by atoms with van der Waals surface area (Å²) in [4.78, 5) is 40.7. The zero-order valence-corrected chi connectivity index (χ0v) is 24.2. The minimum atomic E-state index is -4.41. The summed E-state index contributed by atoms with van der Waals surface area (Å²) in [5, 5.41) is 14.1. The number of carboxylic acids is 1. The van der Waals surface area contributed by atoms with E-state index in [2.05, 4.69) is 5.10 Å². The molecule has 1 aromatic heterocycles. The molecule has 1 fully saturated rings. The van der Waals surface area contributed by atoms with Gasteiger partial charge in [0.05, 0.1) is 46.6 Å². The van der Waals surface area contributed by atoms with Crippen molar-refractivity contribution in [3.05, 3.63) is 57.4 Å². The van der Waals surface area contributed by atoms with Crippen molar-refractivity contribution in [2.45, 2.75) is 70.1 Å². The molecule has 2 atom stereocenters. The number of alkyl halides is 3. The van der Waals surface area contributed by atoms with Crippen LogP contribution in [0.15, 0.2) is 24.3 Å². The molecule has 5 rings (SSSR count). The van der Waals surface area contributed by atoms with Crippen LogP contribution in [-0.4, -0.2) is 69.5 Å². The maximum Gasteiger partial charge on any atom is 0.389 e. The van der Waals surface area contributed by atoms with Crippen LogP contribution in [0.4, 0.5) is 13.2 Å². The van der Waals surface area contributed by atoms with E-state index in [1.165, 1.54) is 22.9 Å². The quantitative estimate of drug-likeness (QED) is 0.456. The molecular formula is C30H33ClF3N3O5. The summed E-state index contributed by atoms with van der Waals surface area (Å²) in [5.74, 6) is -2.45. The number of aromatic nitrogens is 2. The normalized spacial score (nSPS) is 21.8. The highest BCUT2D eigenvalue weighted by Crippen LogP contribution is 2.38. The second-order valence-electron chi connectivity index (χ2n) is 11.7. The van der Waals surface area contributed by atoms with Crippen LogP contribution < -0.4 is 0 Å². The van der Waals surface area contributed by atoms with E-state index in [9.17, 15) is 32.7 Å². The number of methoxy groups -OCH3 is 1. The molecule has 42 heavy (non-hydrogen) atoms. The molecule has 2 heterocycles. The van der Waals surface area contributed by atoms with Crippen LogP contribution in [0.2, 0.25) is 5.02 Å². The van der Waals surface area contributed by atoms with Gasteiger partial charge in [-0.25, -0.2) is 0 Å². The number of likely N-dealkylation sites (tertiary alicyclic amines) is 1. The molecule has 2 aromatic rings. The molecule has 1 aromatic carbocycles. The fraction of sp³-hybridized carbons (Fsp3) is 0.533. The average molecular weight is 608 g/mol. The standard InChI is InChI=1S/C30H33ClF3N3O5/c1-29(42-2)15-36(16-29)26(38)20-10-11-21-23(14-20)37(35-25(21)18-6-8-19(9-7-18)28(40)41)27(39)24-17(4-3-5-22(24)31)12-13-30(32,33)34/h3-6,19-20H,7-16H2,1-2H3,(H,40,41). The number of allylic oxidation sites excluding steroid dienone is 2. The fourth-order valence-electron chi connectivity index (χ4n) is 6.23. The molecule has 3 aliphatic rings. The van der Waals surface area contributed by atoms with Crippen molar-refractivity contribution in [2.24, 2.45) is 11.8 Å².